The first kappa shape index (κ1) is 26.7. The zero-order chi connectivity index (χ0) is 24.9. The van der Waals surface area contributed by atoms with E-state index in [1.165, 1.54) is 27.3 Å². The maximum absolute atomic E-state index is 12.7. The number of rotatable bonds is 10. The van der Waals surface area contributed by atoms with Crippen LogP contribution in [0.1, 0.15) is 61.4 Å². The third kappa shape index (κ3) is 6.26. The molecule has 1 amide bonds. The molecule has 8 heteroatoms. The molecule has 0 fully saturated rings. The van der Waals surface area contributed by atoms with Gasteiger partial charge in [0.05, 0.1) is 25.2 Å². The largest absolute Gasteiger partial charge is 0.496 e. The van der Waals surface area contributed by atoms with Crippen molar-refractivity contribution < 1.29 is 22.7 Å². The minimum Gasteiger partial charge on any atom is -0.496 e. The zero-order valence-corrected chi connectivity index (χ0v) is 21.7. The average Bonchev–Trinajstić information content (AvgIpc) is 2.76. The maximum Gasteiger partial charge on any atom is 0.242 e. The Kier molecular flexibility index (Phi) is 8.91. The summed E-state index contributed by atoms with van der Waals surface area (Å²) < 4.78 is 37.0. The monoisotopic (exact) mass is 476 g/mol. The summed E-state index contributed by atoms with van der Waals surface area (Å²) in [6, 6.07) is 8.65. The second kappa shape index (κ2) is 11.0. The average molecular weight is 477 g/mol. The quantitative estimate of drug-likeness (QED) is 0.556. The lowest BCUT2D eigenvalue weighted by Gasteiger charge is -2.21. The third-order valence-corrected chi connectivity index (χ3v) is 7.55. The number of carbonyl (C=O) groups is 1. The molecule has 1 atom stereocenters. The molecule has 33 heavy (non-hydrogen) atoms. The first-order chi connectivity index (χ1) is 15.4. The van der Waals surface area contributed by atoms with Crippen molar-refractivity contribution in [1.82, 2.24) is 9.62 Å². The van der Waals surface area contributed by atoms with Crippen LogP contribution in [0.2, 0.25) is 0 Å². The van der Waals surface area contributed by atoms with Crippen molar-refractivity contribution in [1.29, 1.82) is 0 Å². The number of carbonyl (C=O) groups excluding carboxylic acids is 1. The SMILES string of the molecule is COc1ccc(S(=O)(=O)N(C)C)cc1CCC(=O)N[C@H](C)c1cc(C(C)C)c(OC)cc1C. The number of nitrogens with one attached hydrogen (secondary N) is 1. The first-order valence-corrected chi connectivity index (χ1v) is 12.4. The van der Waals surface area contributed by atoms with Crippen LogP contribution in [-0.4, -0.2) is 46.9 Å². The fraction of sp³-hybridized carbons (Fsp3) is 0.480. The lowest BCUT2D eigenvalue weighted by molar-refractivity contribution is -0.121. The molecule has 0 aliphatic rings. The highest BCUT2D eigenvalue weighted by Crippen LogP contribution is 2.32. The highest BCUT2D eigenvalue weighted by molar-refractivity contribution is 7.89. The highest BCUT2D eigenvalue weighted by atomic mass is 32.2. The van der Waals surface area contributed by atoms with Crippen LogP contribution in [0.4, 0.5) is 0 Å². The molecule has 0 unspecified atom stereocenters. The van der Waals surface area contributed by atoms with Gasteiger partial charge in [-0.05, 0) is 78.8 Å². The van der Waals surface area contributed by atoms with Crippen LogP contribution < -0.4 is 14.8 Å². The normalized spacial score (nSPS) is 12.7. The fourth-order valence-corrected chi connectivity index (χ4v) is 4.72. The van der Waals surface area contributed by atoms with Gasteiger partial charge in [-0.15, -0.1) is 0 Å². The number of hydrogen-bond acceptors (Lipinski definition) is 5. The topological polar surface area (TPSA) is 84.9 Å². The molecule has 0 aliphatic heterocycles. The van der Waals surface area contributed by atoms with Gasteiger partial charge in [0.2, 0.25) is 15.9 Å². The van der Waals surface area contributed by atoms with Crippen molar-refractivity contribution in [2.24, 2.45) is 0 Å². The van der Waals surface area contributed by atoms with E-state index in [0.717, 1.165) is 26.7 Å². The fourth-order valence-electron chi connectivity index (χ4n) is 3.77. The van der Waals surface area contributed by atoms with E-state index in [-0.39, 0.29) is 23.3 Å². The van der Waals surface area contributed by atoms with E-state index in [2.05, 4.69) is 25.2 Å². The summed E-state index contributed by atoms with van der Waals surface area (Å²) in [6.45, 7) is 8.18. The van der Waals surface area contributed by atoms with E-state index >= 15 is 0 Å². The van der Waals surface area contributed by atoms with Gasteiger partial charge in [0.15, 0.2) is 0 Å². The Balaban J connectivity index is 2.17. The van der Waals surface area contributed by atoms with Crippen molar-refractivity contribution in [3.8, 4) is 11.5 Å². The van der Waals surface area contributed by atoms with E-state index in [0.29, 0.717) is 23.7 Å². The summed E-state index contributed by atoms with van der Waals surface area (Å²) in [5.41, 5.74) is 3.87. The molecule has 2 aromatic carbocycles. The van der Waals surface area contributed by atoms with E-state index in [1.54, 1.807) is 19.2 Å². The predicted molar refractivity (Wildman–Crippen MR) is 131 cm³/mol. The summed E-state index contributed by atoms with van der Waals surface area (Å²) in [4.78, 5) is 12.9. The number of hydrogen-bond donors (Lipinski definition) is 1. The molecule has 7 nitrogen and oxygen atoms in total. The summed E-state index contributed by atoms with van der Waals surface area (Å²) in [6.07, 6.45) is 0.565. The molecule has 0 saturated carbocycles. The Hall–Kier alpha value is -2.58. The molecule has 0 saturated heterocycles. The Morgan fingerprint density at radius 3 is 2.18 bits per heavy atom. The Morgan fingerprint density at radius 1 is 1.00 bits per heavy atom. The van der Waals surface area contributed by atoms with Crippen LogP contribution in [0.25, 0.3) is 0 Å². The van der Waals surface area contributed by atoms with Crippen LogP contribution in [0, 0.1) is 6.92 Å². The van der Waals surface area contributed by atoms with E-state index < -0.39 is 10.0 Å². The van der Waals surface area contributed by atoms with Crippen LogP contribution >= 0.6 is 0 Å². The van der Waals surface area contributed by atoms with E-state index in [1.807, 2.05) is 19.9 Å². The Bertz CT molecular complexity index is 1090. The van der Waals surface area contributed by atoms with Gasteiger partial charge in [0, 0.05) is 20.5 Å². The van der Waals surface area contributed by atoms with Gasteiger partial charge in [-0.2, -0.15) is 0 Å². The van der Waals surface area contributed by atoms with Crippen LogP contribution in [0.3, 0.4) is 0 Å². The molecule has 1 N–H and O–H groups in total. The molecule has 182 valence electrons. The van der Waals surface area contributed by atoms with Gasteiger partial charge in [0.1, 0.15) is 11.5 Å². The van der Waals surface area contributed by atoms with E-state index in [4.69, 9.17) is 9.47 Å². The molecular formula is C25H36N2O5S. The van der Waals surface area contributed by atoms with Crippen molar-refractivity contribution in [3.63, 3.8) is 0 Å². The molecule has 0 spiro atoms. The van der Waals surface area contributed by atoms with Gasteiger partial charge in [0.25, 0.3) is 0 Å². The Labute approximate surface area is 198 Å². The van der Waals surface area contributed by atoms with Crippen molar-refractivity contribution >= 4 is 15.9 Å². The summed E-state index contributed by atoms with van der Waals surface area (Å²) in [5.74, 6) is 1.58. The number of amides is 1. The van der Waals surface area contributed by atoms with Gasteiger partial charge in [-0.3, -0.25) is 4.79 Å². The van der Waals surface area contributed by atoms with Gasteiger partial charge in [-0.25, -0.2) is 12.7 Å². The molecule has 0 radical (unpaired) electrons. The number of sulfonamides is 1. The molecule has 0 aromatic heterocycles. The van der Waals surface area contributed by atoms with Crippen molar-refractivity contribution in [2.45, 2.75) is 57.4 Å². The summed E-state index contributed by atoms with van der Waals surface area (Å²) in [7, 11) is 2.59. The summed E-state index contributed by atoms with van der Waals surface area (Å²) in [5, 5.41) is 3.06. The molecule has 2 rings (SSSR count). The lowest BCUT2D eigenvalue weighted by atomic mass is 9.93. The van der Waals surface area contributed by atoms with Gasteiger partial charge in [-0.1, -0.05) is 13.8 Å². The lowest BCUT2D eigenvalue weighted by Crippen LogP contribution is -2.27. The third-order valence-electron chi connectivity index (χ3n) is 5.74. The zero-order valence-electron chi connectivity index (χ0n) is 20.9. The molecular weight excluding hydrogens is 440 g/mol. The maximum atomic E-state index is 12.7. The number of ether oxygens (including phenoxy) is 2. The molecule has 0 aliphatic carbocycles. The number of methoxy groups -OCH3 is 2. The van der Waals surface area contributed by atoms with Crippen LogP contribution in [-0.2, 0) is 21.2 Å². The van der Waals surface area contributed by atoms with Gasteiger partial charge >= 0.3 is 0 Å². The smallest absolute Gasteiger partial charge is 0.242 e. The number of benzene rings is 2. The van der Waals surface area contributed by atoms with Crippen LogP contribution in [0.5, 0.6) is 11.5 Å². The molecule has 0 heterocycles. The predicted octanol–water partition coefficient (Wildman–Crippen LogP) is 4.20. The second-order valence-corrected chi connectivity index (χ2v) is 10.8. The van der Waals surface area contributed by atoms with E-state index in [9.17, 15) is 13.2 Å². The summed E-state index contributed by atoms with van der Waals surface area (Å²) >= 11 is 0. The Morgan fingerprint density at radius 2 is 1.64 bits per heavy atom. The molecule has 2 aromatic rings. The van der Waals surface area contributed by atoms with Crippen molar-refractivity contribution in [3.05, 3.63) is 52.6 Å². The number of aryl methyl sites for hydroxylation is 2. The first-order valence-electron chi connectivity index (χ1n) is 11.0. The van der Waals surface area contributed by atoms with Gasteiger partial charge < -0.3 is 14.8 Å². The molecule has 0 bridgehead atoms. The second-order valence-electron chi connectivity index (χ2n) is 8.66. The van der Waals surface area contributed by atoms with Crippen LogP contribution in [0.15, 0.2) is 35.2 Å². The number of nitrogens with zero attached hydrogens (tertiary/aromatic N) is 1. The standard InChI is InChI=1S/C25H36N2O5S/c1-16(2)21-15-22(17(3)13-24(21)32-8)18(4)26-25(28)12-9-19-14-20(10-11-23(19)31-7)33(29,30)27(5)6/h10-11,13-16,18H,9,12H2,1-8H3,(H,26,28)/t18-/m1/s1. The highest BCUT2D eigenvalue weighted by Gasteiger charge is 2.20. The minimum absolute atomic E-state index is 0.119. The minimum atomic E-state index is -3.57. The van der Waals surface area contributed by atoms with Crippen molar-refractivity contribution in [2.75, 3.05) is 28.3 Å².